The van der Waals surface area contributed by atoms with Crippen molar-refractivity contribution in [3.63, 3.8) is 0 Å². The quantitative estimate of drug-likeness (QED) is 0.200. The highest BCUT2D eigenvalue weighted by Crippen LogP contribution is 3.02. The SMILES string of the molecule is NN(C(=O)C=Cn1cnc(-c2cc(C(F)(F)F)cc(S(F)(F)(F)(F)F)c2)n1)C(=O)C1CCC1. The Bertz CT molecular complexity index is 1140. The number of halogens is 8. The molecule has 0 unspecified atom stereocenters. The van der Waals surface area contributed by atoms with E-state index in [2.05, 4.69) is 10.1 Å². The number of nitrogens with two attached hydrogens (primary N) is 1. The number of hydrazine groups is 1. The van der Waals surface area contributed by atoms with E-state index >= 15 is 0 Å². The molecular weight excluding hydrogens is 490 g/mol. The minimum Gasteiger partial charge on any atom is -0.273 e. The van der Waals surface area contributed by atoms with Gasteiger partial charge in [0.1, 0.15) is 11.2 Å². The molecule has 1 saturated carbocycles. The summed E-state index contributed by atoms with van der Waals surface area (Å²) >= 11 is 0. The number of rotatable bonds is 5. The number of hydrogen-bond donors (Lipinski definition) is 1. The van der Waals surface area contributed by atoms with Crippen molar-refractivity contribution in [2.75, 3.05) is 0 Å². The molecule has 0 aliphatic heterocycles. The van der Waals surface area contributed by atoms with Gasteiger partial charge in [-0.25, -0.2) is 20.5 Å². The van der Waals surface area contributed by atoms with Crippen molar-refractivity contribution >= 4 is 28.2 Å². The summed E-state index contributed by atoms with van der Waals surface area (Å²) in [5.41, 5.74) is -2.95. The average Bonchev–Trinajstić information content (AvgIpc) is 3.10. The van der Waals surface area contributed by atoms with Crippen LogP contribution in [0, 0.1) is 5.92 Å². The molecule has 7 nitrogen and oxygen atoms in total. The molecular formula is C17H15F8N5O2S. The van der Waals surface area contributed by atoms with Gasteiger partial charge in [0.25, 0.3) is 5.91 Å². The second-order valence-electron chi connectivity index (χ2n) is 7.25. The van der Waals surface area contributed by atoms with Crippen LogP contribution < -0.4 is 5.84 Å². The minimum absolute atomic E-state index is 0.181. The number of carbonyl (C=O) groups excluding carboxylic acids is 2. The maximum absolute atomic E-state index is 13.1. The third-order valence-corrected chi connectivity index (χ3v) is 5.87. The first-order valence-corrected chi connectivity index (χ1v) is 11.0. The summed E-state index contributed by atoms with van der Waals surface area (Å²) in [6.45, 7) is 0. The van der Waals surface area contributed by atoms with Gasteiger partial charge in [-0.1, -0.05) is 25.8 Å². The Morgan fingerprint density at radius 2 is 1.76 bits per heavy atom. The van der Waals surface area contributed by atoms with E-state index in [-0.39, 0.29) is 18.1 Å². The third kappa shape index (κ3) is 5.68. The number of imide groups is 1. The molecule has 33 heavy (non-hydrogen) atoms. The van der Waals surface area contributed by atoms with Crippen LogP contribution in [-0.4, -0.2) is 31.6 Å². The Labute approximate surface area is 180 Å². The van der Waals surface area contributed by atoms with Crippen LogP contribution in [0.25, 0.3) is 17.6 Å². The number of hydrogen-bond acceptors (Lipinski definition) is 5. The molecule has 2 N–H and O–H groups in total. The lowest BCUT2D eigenvalue weighted by molar-refractivity contribution is -0.147. The number of alkyl halides is 3. The average molecular weight is 505 g/mol. The predicted octanol–water partition coefficient (Wildman–Crippen LogP) is 5.12. The Morgan fingerprint density at radius 1 is 1.12 bits per heavy atom. The molecule has 1 heterocycles. The molecule has 0 atom stereocenters. The summed E-state index contributed by atoms with van der Waals surface area (Å²) in [7, 11) is -10.5. The minimum atomic E-state index is -10.5. The summed E-state index contributed by atoms with van der Waals surface area (Å²) in [6.07, 6.45) is -0.947. The molecule has 1 aromatic carbocycles. The van der Waals surface area contributed by atoms with E-state index < -0.39 is 56.1 Å². The Morgan fingerprint density at radius 3 is 2.27 bits per heavy atom. The standard InChI is InChI=1S/C17H15F8N5O2S/c18-17(19,20)12-6-11(7-13(8-12)33(21,22,23,24)25)15-27-9-29(28-15)5-4-14(31)30(26)16(32)10-2-1-3-10/h4-10H,1-3,26H2. The molecule has 0 spiro atoms. The lowest BCUT2D eigenvalue weighted by Gasteiger charge is -2.40. The zero-order chi connectivity index (χ0) is 24.9. The first-order chi connectivity index (χ1) is 14.8. The lowest BCUT2D eigenvalue weighted by atomic mass is 9.84. The van der Waals surface area contributed by atoms with E-state index in [1.54, 1.807) is 0 Å². The van der Waals surface area contributed by atoms with E-state index in [1.807, 2.05) is 0 Å². The fourth-order valence-electron chi connectivity index (χ4n) is 2.77. The number of aromatic nitrogens is 3. The zero-order valence-corrected chi connectivity index (χ0v) is 17.1. The van der Waals surface area contributed by atoms with E-state index in [1.165, 1.54) is 0 Å². The van der Waals surface area contributed by atoms with E-state index in [4.69, 9.17) is 5.84 Å². The van der Waals surface area contributed by atoms with Crippen LogP contribution in [0.4, 0.5) is 32.6 Å². The van der Waals surface area contributed by atoms with Crippen LogP contribution in [0.1, 0.15) is 24.8 Å². The van der Waals surface area contributed by atoms with Gasteiger partial charge in [0.15, 0.2) is 5.82 Å². The molecule has 182 valence electrons. The van der Waals surface area contributed by atoms with Gasteiger partial charge in [-0.15, -0.1) is 5.10 Å². The van der Waals surface area contributed by atoms with Gasteiger partial charge in [0.2, 0.25) is 5.91 Å². The summed E-state index contributed by atoms with van der Waals surface area (Å²) in [5, 5.41) is 3.93. The topological polar surface area (TPSA) is 94.1 Å². The fraction of sp³-hybridized carbons (Fsp3) is 0.294. The van der Waals surface area contributed by atoms with Crippen molar-refractivity contribution in [2.24, 2.45) is 11.8 Å². The largest absolute Gasteiger partial charge is 0.416 e. The molecule has 1 fully saturated rings. The molecule has 1 aromatic heterocycles. The van der Waals surface area contributed by atoms with Crippen molar-refractivity contribution in [1.29, 1.82) is 0 Å². The molecule has 0 saturated heterocycles. The van der Waals surface area contributed by atoms with Crippen molar-refractivity contribution in [3.05, 3.63) is 36.2 Å². The summed E-state index contributed by atoms with van der Waals surface area (Å²) in [6, 6.07) is -0.694. The molecule has 3 rings (SSSR count). The zero-order valence-electron chi connectivity index (χ0n) is 16.3. The molecule has 16 heteroatoms. The number of carbonyl (C=O) groups is 2. The van der Waals surface area contributed by atoms with Crippen LogP contribution in [-0.2, 0) is 15.8 Å². The van der Waals surface area contributed by atoms with Gasteiger partial charge in [-0.3, -0.25) is 9.59 Å². The van der Waals surface area contributed by atoms with Crippen molar-refractivity contribution in [3.8, 4) is 11.4 Å². The third-order valence-electron chi connectivity index (χ3n) is 4.75. The number of amides is 2. The monoisotopic (exact) mass is 505 g/mol. The van der Waals surface area contributed by atoms with Gasteiger partial charge in [-0.2, -0.15) is 13.2 Å². The second-order valence-corrected chi connectivity index (χ2v) is 9.66. The Balaban J connectivity index is 1.90. The van der Waals surface area contributed by atoms with Gasteiger partial charge in [0, 0.05) is 23.8 Å². The van der Waals surface area contributed by atoms with Crippen LogP contribution in [0.15, 0.2) is 35.5 Å². The highest BCUT2D eigenvalue weighted by atomic mass is 32.5. The Hall–Kier alpha value is -3.01. The highest BCUT2D eigenvalue weighted by Gasteiger charge is 2.66. The predicted molar refractivity (Wildman–Crippen MR) is 101 cm³/mol. The van der Waals surface area contributed by atoms with Crippen molar-refractivity contribution in [1.82, 2.24) is 19.8 Å². The highest BCUT2D eigenvalue weighted by molar-refractivity contribution is 8.45. The van der Waals surface area contributed by atoms with E-state index in [0.717, 1.165) is 25.0 Å². The molecule has 0 radical (unpaired) electrons. The first kappa shape index (κ1) is 24.6. The molecule has 2 aromatic rings. The summed E-state index contributed by atoms with van der Waals surface area (Å²) in [4.78, 5) is 24.6. The smallest absolute Gasteiger partial charge is 0.273 e. The van der Waals surface area contributed by atoms with Crippen LogP contribution in [0.2, 0.25) is 0 Å². The van der Waals surface area contributed by atoms with E-state index in [0.29, 0.717) is 22.5 Å². The normalized spacial score (nSPS) is 17.4. The summed E-state index contributed by atoms with van der Waals surface area (Å²) in [5.74, 6) is 2.72. The Kier molecular flexibility index (Phi) is 5.41. The molecule has 0 bridgehead atoms. The first-order valence-electron chi connectivity index (χ1n) is 9.04. The van der Waals surface area contributed by atoms with Crippen molar-refractivity contribution in [2.45, 2.75) is 30.3 Å². The van der Waals surface area contributed by atoms with Gasteiger partial charge < -0.3 is 0 Å². The lowest BCUT2D eigenvalue weighted by Crippen LogP contribution is -2.46. The number of benzene rings is 1. The van der Waals surface area contributed by atoms with Gasteiger partial charge in [0.05, 0.1) is 5.56 Å². The fourth-order valence-corrected chi connectivity index (χ4v) is 3.47. The van der Waals surface area contributed by atoms with Crippen molar-refractivity contribution < 1.29 is 42.2 Å². The summed E-state index contributed by atoms with van der Waals surface area (Å²) < 4.78 is 105. The van der Waals surface area contributed by atoms with Crippen LogP contribution >= 0.6 is 10.2 Å². The van der Waals surface area contributed by atoms with Crippen LogP contribution in [0.3, 0.4) is 0 Å². The second kappa shape index (κ2) is 7.24. The number of nitrogens with zero attached hydrogens (tertiary/aromatic N) is 4. The molecule has 1 aliphatic rings. The molecule has 1 aliphatic carbocycles. The van der Waals surface area contributed by atoms with Crippen LogP contribution in [0.5, 0.6) is 0 Å². The van der Waals surface area contributed by atoms with Gasteiger partial charge in [-0.05, 0) is 31.0 Å². The maximum atomic E-state index is 13.1. The van der Waals surface area contributed by atoms with E-state index in [9.17, 15) is 42.2 Å². The molecule has 2 amide bonds. The maximum Gasteiger partial charge on any atom is 0.416 e. The van der Waals surface area contributed by atoms with Gasteiger partial charge >= 0.3 is 16.4 Å².